The molecule has 0 unspecified atom stereocenters. The molecule has 0 atom stereocenters. The largest absolute Gasteiger partial charge is 0.504 e. The van der Waals surface area contributed by atoms with Crippen LogP contribution in [0, 0.1) is 6.92 Å². The van der Waals surface area contributed by atoms with Gasteiger partial charge in [0, 0.05) is 5.39 Å². The van der Waals surface area contributed by atoms with Gasteiger partial charge in [-0.25, -0.2) is 0 Å². The monoisotopic (exact) mass is 224 g/mol. The molecule has 0 aliphatic carbocycles. The third-order valence-electron chi connectivity index (χ3n) is 3.20. The van der Waals surface area contributed by atoms with E-state index >= 15 is 0 Å². The van der Waals surface area contributed by atoms with Gasteiger partial charge in [0.1, 0.15) is 0 Å². The van der Waals surface area contributed by atoms with Gasteiger partial charge in [0.05, 0.1) is 0 Å². The predicted molar refractivity (Wildman–Crippen MR) is 69.5 cm³/mol. The normalized spacial score (nSPS) is 11.1. The van der Waals surface area contributed by atoms with Crippen molar-refractivity contribution in [2.75, 3.05) is 0 Å². The second-order valence-corrected chi connectivity index (χ2v) is 4.27. The van der Waals surface area contributed by atoms with E-state index in [1.807, 2.05) is 43.3 Å². The van der Waals surface area contributed by atoms with Crippen molar-refractivity contribution < 1.29 is 10.2 Å². The van der Waals surface area contributed by atoms with Crippen LogP contribution in [0.15, 0.2) is 42.5 Å². The highest BCUT2D eigenvalue weighted by Gasteiger charge is 2.08. The smallest absolute Gasteiger partial charge is 0.165 e. The van der Waals surface area contributed by atoms with E-state index in [0.29, 0.717) is 5.39 Å². The molecule has 0 amide bonds. The number of aryl methyl sites for hydroxylation is 1. The minimum atomic E-state index is -0.0783. The zero-order valence-electron chi connectivity index (χ0n) is 9.44. The molecular weight excluding hydrogens is 212 g/mol. The van der Waals surface area contributed by atoms with Gasteiger partial charge >= 0.3 is 0 Å². The fourth-order valence-corrected chi connectivity index (χ4v) is 2.35. The van der Waals surface area contributed by atoms with Gasteiger partial charge < -0.3 is 10.2 Å². The standard InChI is InChI=1S/C15H12O2/c1-9-3-2-4-10-5-6-12-11(14(9)10)7-8-13(16)15(12)17/h2-8,16-17H,1H3. The van der Waals surface area contributed by atoms with E-state index in [1.54, 1.807) is 0 Å². The van der Waals surface area contributed by atoms with Gasteiger partial charge in [0.25, 0.3) is 0 Å². The summed E-state index contributed by atoms with van der Waals surface area (Å²) in [4.78, 5) is 0. The number of hydrogen-bond acceptors (Lipinski definition) is 2. The number of phenolic OH excluding ortho intramolecular Hbond substituents is 2. The zero-order chi connectivity index (χ0) is 12.0. The third kappa shape index (κ3) is 1.34. The molecule has 3 aromatic rings. The molecule has 0 aliphatic rings. The van der Waals surface area contributed by atoms with Crippen LogP contribution in [-0.2, 0) is 0 Å². The molecule has 2 N–H and O–H groups in total. The van der Waals surface area contributed by atoms with Gasteiger partial charge in [-0.2, -0.15) is 0 Å². The molecular formula is C15H12O2. The molecule has 0 heterocycles. The van der Waals surface area contributed by atoms with E-state index in [2.05, 4.69) is 0 Å². The lowest BCUT2D eigenvalue weighted by Gasteiger charge is -2.08. The van der Waals surface area contributed by atoms with Crippen molar-refractivity contribution in [1.82, 2.24) is 0 Å². The van der Waals surface area contributed by atoms with E-state index in [0.717, 1.165) is 21.7 Å². The summed E-state index contributed by atoms with van der Waals surface area (Å²) >= 11 is 0. The summed E-state index contributed by atoms with van der Waals surface area (Å²) in [7, 11) is 0. The first-order valence-electron chi connectivity index (χ1n) is 5.51. The summed E-state index contributed by atoms with van der Waals surface area (Å²) in [6.07, 6.45) is 0. The molecule has 0 aliphatic heterocycles. The molecule has 84 valence electrons. The van der Waals surface area contributed by atoms with Gasteiger partial charge in [-0.1, -0.05) is 24.3 Å². The average molecular weight is 224 g/mol. The van der Waals surface area contributed by atoms with Crippen molar-refractivity contribution in [3.8, 4) is 11.5 Å². The van der Waals surface area contributed by atoms with Crippen LogP contribution in [0.3, 0.4) is 0 Å². The van der Waals surface area contributed by atoms with Gasteiger partial charge in [-0.05, 0) is 46.8 Å². The Balaban J connectivity index is 2.61. The highest BCUT2D eigenvalue weighted by Crippen LogP contribution is 2.37. The molecule has 2 heteroatoms. The fraction of sp³-hybridized carbons (Fsp3) is 0.0667. The van der Waals surface area contributed by atoms with Crippen molar-refractivity contribution in [2.45, 2.75) is 6.92 Å². The van der Waals surface area contributed by atoms with E-state index in [4.69, 9.17) is 0 Å². The highest BCUT2D eigenvalue weighted by atomic mass is 16.3. The second-order valence-electron chi connectivity index (χ2n) is 4.27. The average Bonchev–Trinajstić information content (AvgIpc) is 2.33. The van der Waals surface area contributed by atoms with Crippen LogP contribution in [0.4, 0.5) is 0 Å². The second kappa shape index (κ2) is 3.39. The van der Waals surface area contributed by atoms with Crippen LogP contribution in [0.25, 0.3) is 21.5 Å². The topological polar surface area (TPSA) is 40.5 Å². The molecule has 3 aromatic carbocycles. The van der Waals surface area contributed by atoms with Gasteiger partial charge in [-0.15, -0.1) is 0 Å². The van der Waals surface area contributed by atoms with Gasteiger partial charge in [0.15, 0.2) is 11.5 Å². The fourth-order valence-electron chi connectivity index (χ4n) is 2.35. The summed E-state index contributed by atoms with van der Waals surface area (Å²) < 4.78 is 0. The first-order valence-corrected chi connectivity index (χ1v) is 5.51. The summed E-state index contributed by atoms with van der Waals surface area (Å²) in [5, 5.41) is 23.3. The lowest BCUT2D eigenvalue weighted by molar-refractivity contribution is 0.408. The maximum Gasteiger partial charge on any atom is 0.165 e. The Morgan fingerprint density at radius 1 is 0.824 bits per heavy atom. The first-order chi connectivity index (χ1) is 8.18. The molecule has 0 spiro atoms. The minimum Gasteiger partial charge on any atom is -0.504 e. The van der Waals surface area contributed by atoms with Crippen molar-refractivity contribution in [2.24, 2.45) is 0 Å². The number of phenols is 2. The lowest BCUT2D eigenvalue weighted by atomic mass is 9.98. The molecule has 0 bridgehead atoms. The maximum absolute atomic E-state index is 9.86. The number of rotatable bonds is 0. The Morgan fingerprint density at radius 3 is 2.41 bits per heavy atom. The summed E-state index contributed by atoms with van der Waals surface area (Å²) in [6, 6.07) is 13.3. The predicted octanol–water partition coefficient (Wildman–Crippen LogP) is 3.71. The molecule has 0 saturated carbocycles. The summed E-state index contributed by atoms with van der Waals surface area (Å²) in [6.45, 7) is 2.05. The van der Waals surface area contributed by atoms with Crippen LogP contribution < -0.4 is 0 Å². The van der Waals surface area contributed by atoms with Crippen molar-refractivity contribution >= 4 is 21.5 Å². The summed E-state index contributed by atoms with van der Waals surface area (Å²) in [5.41, 5.74) is 1.16. The van der Waals surface area contributed by atoms with Crippen LogP contribution in [-0.4, -0.2) is 10.2 Å². The molecule has 2 nitrogen and oxygen atoms in total. The molecule has 0 radical (unpaired) electrons. The molecule has 3 rings (SSSR count). The Labute approximate surface area is 98.7 Å². The van der Waals surface area contributed by atoms with Crippen LogP contribution >= 0.6 is 0 Å². The lowest BCUT2D eigenvalue weighted by Crippen LogP contribution is -1.82. The summed E-state index contributed by atoms with van der Waals surface area (Å²) in [5.74, 6) is -0.127. The SMILES string of the molecule is Cc1cccc2ccc3c(O)c(O)ccc3c12. The number of fused-ring (bicyclic) bond motifs is 3. The van der Waals surface area contributed by atoms with Crippen LogP contribution in [0.2, 0.25) is 0 Å². The Kier molecular flexibility index (Phi) is 1.99. The van der Waals surface area contributed by atoms with Gasteiger partial charge in [-0.3, -0.25) is 0 Å². The minimum absolute atomic E-state index is 0.0485. The Bertz CT molecular complexity index is 730. The van der Waals surface area contributed by atoms with E-state index in [9.17, 15) is 10.2 Å². The molecule has 0 saturated heterocycles. The quantitative estimate of drug-likeness (QED) is 0.451. The van der Waals surface area contributed by atoms with Crippen LogP contribution in [0.1, 0.15) is 5.56 Å². The van der Waals surface area contributed by atoms with E-state index in [1.165, 1.54) is 6.07 Å². The Morgan fingerprint density at radius 2 is 1.59 bits per heavy atom. The molecule has 17 heavy (non-hydrogen) atoms. The zero-order valence-corrected chi connectivity index (χ0v) is 9.44. The molecule has 0 aromatic heterocycles. The Hall–Kier alpha value is -2.22. The number of aromatic hydroxyl groups is 2. The van der Waals surface area contributed by atoms with Gasteiger partial charge in [0.2, 0.25) is 0 Å². The van der Waals surface area contributed by atoms with Crippen molar-refractivity contribution in [1.29, 1.82) is 0 Å². The number of benzene rings is 3. The maximum atomic E-state index is 9.86. The molecule has 0 fully saturated rings. The number of hydrogen-bond donors (Lipinski definition) is 2. The van der Waals surface area contributed by atoms with E-state index < -0.39 is 0 Å². The van der Waals surface area contributed by atoms with E-state index in [-0.39, 0.29) is 11.5 Å². The van der Waals surface area contributed by atoms with Crippen LogP contribution in [0.5, 0.6) is 11.5 Å². The van der Waals surface area contributed by atoms with Crippen molar-refractivity contribution in [3.05, 3.63) is 48.0 Å². The third-order valence-corrected chi connectivity index (χ3v) is 3.20. The highest BCUT2D eigenvalue weighted by molar-refractivity contribution is 6.11. The first kappa shape index (κ1) is 9.97. The van der Waals surface area contributed by atoms with Crippen molar-refractivity contribution in [3.63, 3.8) is 0 Å².